The van der Waals surface area contributed by atoms with Gasteiger partial charge in [0.2, 0.25) is 5.91 Å². The molecule has 4 N–H and O–H groups in total. The molecule has 1 amide bonds. The maximum absolute atomic E-state index is 12.2. The summed E-state index contributed by atoms with van der Waals surface area (Å²) in [6, 6.07) is 0. The van der Waals surface area contributed by atoms with Crippen molar-refractivity contribution in [1.82, 2.24) is 10.2 Å². The van der Waals surface area contributed by atoms with Crippen molar-refractivity contribution in [3.8, 4) is 0 Å². The molecule has 0 aliphatic rings. The molecule has 0 spiro atoms. The molecule has 0 aromatic carbocycles. The molecule has 0 aliphatic heterocycles. The predicted octanol–water partition coefficient (Wildman–Crippen LogP) is 3.45. The maximum atomic E-state index is 12.2. The van der Waals surface area contributed by atoms with Gasteiger partial charge in [0.25, 0.3) is 0 Å². The number of hydrogen-bond acceptors (Lipinski definition) is 4. The van der Waals surface area contributed by atoms with Crippen LogP contribution >= 0.6 is 0 Å². The van der Waals surface area contributed by atoms with E-state index in [1.165, 1.54) is 57.8 Å². The Morgan fingerprint density at radius 1 is 0.962 bits per heavy atom. The summed E-state index contributed by atoms with van der Waals surface area (Å²) in [5, 5.41) is 12.2. The van der Waals surface area contributed by atoms with Crippen LogP contribution in [0.3, 0.4) is 0 Å². The van der Waals surface area contributed by atoms with Crippen molar-refractivity contribution in [2.75, 3.05) is 32.8 Å². The van der Waals surface area contributed by atoms with Crippen molar-refractivity contribution in [1.29, 1.82) is 0 Å². The third-order valence-corrected chi connectivity index (χ3v) is 4.90. The van der Waals surface area contributed by atoms with Crippen LogP contribution in [-0.2, 0) is 4.79 Å². The van der Waals surface area contributed by atoms with E-state index < -0.39 is 0 Å². The van der Waals surface area contributed by atoms with Crippen molar-refractivity contribution < 1.29 is 9.90 Å². The first-order valence-electron chi connectivity index (χ1n) is 10.8. The summed E-state index contributed by atoms with van der Waals surface area (Å²) in [5.41, 5.74) is 5.42. The number of amides is 1. The molecule has 0 heterocycles. The molecule has 5 heteroatoms. The summed E-state index contributed by atoms with van der Waals surface area (Å²) in [5.74, 6) is 0.0888. The van der Waals surface area contributed by atoms with Gasteiger partial charge in [0.05, 0.1) is 6.61 Å². The van der Waals surface area contributed by atoms with E-state index >= 15 is 0 Å². The molecule has 26 heavy (non-hydrogen) atoms. The fourth-order valence-electron chi connectivity index (χ4n) is 3.30. The molecular formula is C21H45N3O2. The van der Waals surface area contributed by atoms with Crippen LogP contribution in [0, 0.1) is 0 Å². The van der Waals surface area contributed by atoms with E-state index in [9.17, 15) is 4.79 Å². The SMILES string of the molecule is CCCCCCCCCCCC(C)(C)NC(=O)CCN(CCN)CCO. The molecule has 0 aliphatic carbocycles. The number of unbranched alkanes of at least 4 members (excludes halogenated alkanes) is 8. The van der Waals surface area contributed by atoms with Gasteiger partial charge >= 0.3 is 0 Å². The zero-order valence-corrected chi connectivity index (χ0v) is 17.7. The van der Waals surface area contributed by atoms with Crippen LogP contribution in [0.1, 0.15) is 91.4 Å². The van der Waals surface area contributed by atoms with Crippen molar-refractivity contribution in [2.45, 2.75) is 96.9 Å². The smallest absolute Gasteiger partial charge is 0.221 e. The molecule has 0 aromatic rings. The number of rotatable bonds is 18. The van der Waals surface area contributed by atoms with Crippen LogP contribution in [0.15, 0.2) is 0 Å². The van der Waals surface area contributed by atoms with E-state index in [2.05, 4.69) is 26.1 Å². The van der Waals surface area contributed by atoms with E-state index in [4.69, 9.17) is 10.8 Å². The van der Waals surface area contributed by atoms with Crippen LogP contribution in [0.2, 0.25) is 0 Å². The van der Waals surface area contributed by atoms with Crippen LogP contribution in [0.4, 0.5) is 0 Å². The lowest BCUT2D eigenvalue weighted by Gasteiger charge is -2.27. The van der Waals surface area contributed by atoms with E-state index in [0.717, 1.165) is 13.0 Å². The molecule has 0 saturated heterocycles. The van der Waals surface area contributed by atoms with Gasteiger partial charge in [-0.15, -0.1) is 0 Å². The second-order valence-corrected chi connectivity index (χ2v) is 8.11. The minimum absolute atomic E-state index is 0.0888. The second kappa shape index (κ2) is 16.5. The van der Waals surface area contributed by atoms with Gasteiger partial charge in [0, 0.05) is 38.1 Å². The van der Waals surface area contributed by atoms with Crippen molar-refractivity contribution in [2.24, 2.45) is 5.73 Å². The highest BCUT2D eigenvalue weighted by molar-refractivity contribution is 5.76. The highest BCUT2D eigenvalue weighted by atomic mass is 16.3. The lowest BCUT2D eigenvalue weighted by atomic mass is 9.95. The lowest BCUT2D eigenvalue weighted by molar-refractivity contribution is -0.123. The molecule has 0 aromatic heterocycles. The Bertz CT molecular complexity index is 329. The molecular weight excluding hydrogens is 326 g/mol. The fourth-order valence-corrected chi connectivity index (χ4v) is 3.30. The number of nitrogens with two attached hydrogens (primary N) is 1. The zero-order chi connectivity index (χ0) is 19.7. The maximum Gasteiger partial charge on any atom is 0.221 e. The molecule has 0 bridgehead atoms. The second-order valence-electron chi connectivity index (χ2n) is 8.11. The van der Waals surface area contributed by atoms with Crippen molar-refractivity contribution >= 4 is 5.91 Å². The number of carbonyl (C=O) groups is 1. The molecule has 156 valence electrons. The molecule has 0 radical (unpaired) electrons. The first-order chi connectivity index (χ1) is 12.4. The molecule has 0 atom stereocenters. The molecule has 0 saturated carbocycles. The van der Waals surface area contributed by atoms with Gasteiger partial charge < -0.3 is 16.2 Å². The average molecular weight is 372 g/mol. The number of aliphatic hydroxyl groups excluding tert-OH is 1. The summed E-state index contributed by atoms with van der Waals surface area (Å²) in [4.78, 5) is 14.2. The third kappa shape index (κ3) is 15.6. The summed E-state index contributed by atoms with van der Waals surface area (Å²) >= 11 is 0. The Hall–Kier alpha value is -0.650. The zero-order valence-electron chi connectivity index (χ0n) is 17.7. The number of nitrogens with zero attached hydrogens (tertiary/aromatic N) is 1. The minimum Gasteiger partial charge on any atom is -0.395 e. The largest absolute Gasteiger partial charge is 0.395 e. The Labute approximate surface area is 162 Å². The summed E-state index contributed by atoms with van der Waals surface area (Å²) < 4.78 is 0. The van der Waals surface area contributed by atoms with Gasteiger partial charge in [0.15, 0.2) is 0 Å². The van der Waals surface area contributed by atoms with Crippen LogP contribution in [-0.4, -0.2) is 54.2 Å². The third-order valence-electron chi connectivity index (χ3n) is 4.90. The first-order valence-corrected chi connectivity index (χ1v) is 10.8. The number of hydrogen-bond donors (Lipinski definition) is 3. The summed E-state index contributed by atoms with van der Waals surface area (Å²) in [6.07, 6.45) is 13.4. The van der Waals surface area contributed by atoms with Gasteiger partial charge in [-0.1, -0.05) is 64.7 Å². The Balaban J connectivity index is 3.79. The van der Waals surface area contributed by atoms with E-state index in [1.54, 1.807) is 0 Å². The standard InChI is InChI=1S/C21H45N3O2/c1-4-5-6-7-8-9-10-11-12-14-21(2,3)23-20(26)13-16-24(17-15-22)18-19-25/h25H,4-19,22H2,1-3H3,(H,23,26). The Kier molecular flexibility index (Phi) is 16.1. The van der Waals surface area contributed by atoms with Gasteiger partial charge in [0.1, 0.15) is 0 Å². The molecule has 0 unspecified atom stereocenters. The van der Waals surface area contributed by atoms with E-state index in [0.29, 0.717) is 26.1 Å². The highest BCUT2D eigenvalue weighted by Gasteiger charge is 2.20. The van der Waals surface area contributed by atoms with Gasteiger partial charge in [-0.25, -0.2) is 0 Å². The van der Waals surface area contributed by atoms with Gasteiger partial charge in [-0.3, -0.25) is 9.69 Å². The number of carbonyl (C=O) groups excluding carboxylic acids is 1. The monoisotopic (exact) mass is 371 g/mol. The minimum atomic E-state index is -0.145. The summed E-state index contributed by atoms with van der Waals surface area (Å²) in [6.45, 7) is 9.07. The van der Waals surface area contributed by atoms with Crippen LogP contribution in [0.5, 0.6) is 0 Å². The Morgan fingerprint density at radius 2 is 1.54 bits per heavy atom. The van der Waals surface area contributed by atoms with Gasteiger partial charge in [-0.05, 0) is 20.3 Å². The topological polar surface area (TPSA) is 78.6 Å². The predicted molar refractivity (Wildman–Crippen MR) is 111 cm³/mol. The van der Waals surface area contributed by atoms with E-state index in [1.807, 2.05) is 4.90 Å². The van der Waals surface area contributed by atoms with Crippen molar-refractivity contribution in [3.05, 3.63) is 0 Å². The quantitative estimate of drug-likeness (QED) is 0.323. The number of nitrogens with one attached hydrogen (secondary N) is 1. The van der Waals surface area contributed by atoms with Crippen LogP contribution < -0.4 is 11.1 Å². The number of aliphatic hydroxyl groups is 1. The van der Waals surface area contributed by atoms with Crippen molar-refractivity contribution in [3.63, 3.8) is 0 Å². The normalized spacial score (nSPS) is 11.9. The van der Waals surface area contributed by atoms with E-state index in [-0.39, 0.29) is 18.1 Å². The van der Waals surface area contributed by atoms with Crippen LogP contribution in [0.25, 0.3) is 0 Å². The molecule has 5 nitrogen and oxygen atoms in total. The molecule has 0 rings (SSSR count). The Morgan fingerprint density at radius 3 is 2.08 bits per heavy atom. The average Bonchev–Trinajstić information content (AvgIpc) is 2.58. The summed E-state index contributed by atoms with van der Waals surface area (Å²) in [7, 11) is 0. The fraction of sp³-hybridized carbons (Fsp3) is 0.952. The highest BCUT2D eigenvalue weighted by Crippen LogP contribution is 2.16. The first kappa shape index (κ1) is 25.4. The lowest BCUT2D eigenvalue weighted by Crippen LogP contribution is -2.44. The van der Waals surface area contributed by atoms with Gasteiger partial charge in [-0.2, -0.15) is 0 Å². The molecule has 0 fully saturated rings.